The molecule has 0 spiro atoms. The Kier molecular flexibility index (Phi) is 4.01. The van der Waals surface area contributed by atoms with Crippen LogP contribution in [0.5, 0.6) is 0 Å². The molecule has 2 aromatic rings. The van der Waals surface area contributed by atoms with Crippen molar-refractivity contribution in [3.63, 3.8) is 0 Å². The zero-order chi connectivity index (χ0) is 13.3. The highest BCUT2D eigenvalue weighted by molar-refractivity contribution is 14.1. The number of aromatic nitrogens is 1. The Morgan fingerprint density at radius 2 is 2.22 bits per heavy atom. The molecule has 0 bridgehead atoms. The Hall–Kier alpha value is -0.950. The molecular weight excluding hydrogens is 371 g/mol. The number of aryl methyl sites for hydroxylation is 1. The summed E-state index contributed by atoms with van der Waals surface area (Å²) in [5.74, 6) is -0.117. The van der Waals surface area contributed by atoms with Crippen molar-refractivity contribution in [1.82, 2.24) is 4.98 Å². The molecule has 2 rings (SSSR count). The van der Waals surface area contributed by atoms with Gasteiger partial charge in [-0.15, -0.1) is 0 Å². The van der Waals surface area contributed by atoms with E-state index in [0.29, 0.717) is 5.56 Å². The molecule has 0 amide bonds. The molecule has 0 saturated carbocycles. The molecule has 0 unspecified atom stereocenters. The summed E-state index contributed by atoms with van der Waals surface area (Å²) in [6.07, 6.45) is 0.0606. The zero-order valence-electron chi connectivity index (χ0n) is 9.34. The van der Waals surface area contributed by atoms with Crippen LogP contribution in [0.4, 0.5) is 4.39 Å². The number of benzene rings is 1. The summed E-state index contributed by atoms with van der Waals surface area (Å²) in [5.41, 5.74) is -0.101. The Bertz CT molecular complexity index is 657. The van der Waals surface area contributed by atoms with Gasteiger partial charge < -0.3 is 4.42 Å². The van der Waals surface area contributed by atoms with Crippen LogP contribution in [-0.4, -0.2) is 4.98 Å². The van der Waals surface area contributed by atoms with Crippen molar-refractivity contribution >= 4 is 34.2 Å². The maximum Gasteiger partial charge on any atom is 0.358 e. The van der Waals surface area contributed by atoms with Crippen LogP contribution in [0.15, 0.2) is 27.4 Å². The van der Waals surface area contributed by atoms with Gasteiger partial charge in [0.2, 0.25) is 0 Å². The minimum absolute atomic E-state index is 0.0606. The number of hydrogen-bond donors (Lipinski definition) is 0. The SMILES string of the molecule is Cc1oc(=O)c(Cc2ccc(I)cc2F)nc1Cl. The van der Waals surface area contributed by atoms with Crippen LogP contribution in [0.25, 0.3) is 0 Å². The van der Waals surface area contributed by atoms with E-state index in [9.17, 15) is 9.18 Å². The third-order valence-electron chi connectivity index (χ3n) is 2.38. The molecule has 0 saturated heterocycles. The van der Waals surface area contributed by atoms with Gasteiger partial charge in [0.05, 0.1) is 0 Å². The van der Waals surface area contributed by atoms with Crippen molar-refractivity contribution in [2.24, 2.45) is 0 Å². The van der Waals surface area contributed by atoms with Crippen LogP contribution in [0.2, 0.25) is 5.15 Å². The molecule has 0 aliphatic rings. The highest BCUT2D eigenvalue weighted by Gasteiger charge is 2.12. The average molecular weight is 380 g/mol. The Morgan fingerprint density at radius 3 is 2.89 bits per heavy atom. The van der Waals surface area contributed by atoms with Crippen LogP contribution in [-0.2, 0) is 6.42 Å². The molecule has 1 aromatic heterocycles. The smallest absolute Gasteiger partial charge is 0.358 e. The van der Waals surface area contributed by atoms with Gasteiger partial charge in [0, 0.05) is 9.99 Å². The number of rotatable bonds is 2. The van der Waals surface area contributed by atoms with Crippen molar-refractivity contribution in [3.8, 4) is 0 Å². The fourth-order valence-electron chi connectivity index (χ4n) is 1.44. The highest BCUT2D eigenvalue weighted by atomic mass is 127. The lowest BCUT2D eigenvalue weighted by Crippen LogP contribution is -2.12. The maximum absolute atomic E-state index is 13.6. The fraction of sp³-hybridized carbons (Fsp3) is 0.167. The van der Waals surface area contributed by atoms with E-state index in [1.54, 1.807) is 19.1 Å². The van der Waals surface area contributed by atoms with E-state index in [0.717, 1.165) is 3.57 Å². The van der Waals surface area contributed by atoms with Gasteiger partial charge >= 0.3 is 5.63 Å². The Morgan fingerprint density at radius 1 is 1.50 bits per heavy atom. The van der Waals surface area contributed by atoms with Gasteiger partial charge in [-0.1, -0.05) is 17.7 Å². The first-order valence-corrected chi connectivity index (χ1v) is 6.53. The van der Waals surface area contributed by atoms with Gasteiger partial charge in [-0.05, 0) is 47.2 Å². The quantitative estimate of drug-likeness (QED) is 0.752. The first kappa shape index (κ1) is 13.5. The summed E-state index contributed by atoms with van der Waals surface area (Å²) in [6.45, 7) is 1.55. The molecule has 18 heavy (non-hydrogen) atoms. The Balaban J connectivity index is 2.40. The van der Waals surface area contributed by atoms with Gasteiger partial charge in [0.15, 0.2) is 5.15 Å². The van der Waals surface area contributed by atoms with Crippen LogP contribution in [0.1, 0.15) is 17.0 Å². The van der Waals surface area contributed by atoms with Gasteiger partial charge in [0.25, 0.3) is 0 Å². The Labute approximate surface area is 121 Å². The average Bonchev–Trinajstić information content (AvgIpc) is 2.29. The number of halogens is 3. The summed E-state index contributed by atoms with van der Waals surface area (Å²) >= 11 is 7.79. The molecule has 0 radical (unpaired) electrons. The lowest BCUT2D eigenvalue weighted by molar-refractivity contribution is 0.463. The minimum Gasteiger partial charge on any atom is -0.424 e. The van der Waals surface area contributed by atoms with E-state index in [1.165, 1.54) is 6.07 Å². The number of hydrogen-bond acceptors (Lipinski definition) is 3. The van der Waals surface area contributed by atoms with Crippen molar-refractivity contribution in [3.05, 3.63) is 60.2 Å². The van der Waals surface area contributed by atoms with Gasteiger partial charge in [-0.25, -0.2) is 14.2 Å². The van der Waals surface area contributed by atoms with E-state index in [1.807, 2.05) is 22.6 Å². The lowest BCUT2D eigenvalue weighted by atomic mass is 10.1. The van der Waals surface area contributed by atoms with E-state index in [-0.39, 0.29) is 28.8 Å². The molecule has 1 aromatic carbocycles. The molecule has 0 fully saturated rings. The van der Waals surface area contributed by atoms with Crippen molar-refractivity contribution in [2.75, 3.05) is 0 Å². The monoisotopic (exact) mass is 379 g/mol. The number of nitrogens with zero attached hydrogens (tertiary/aromatic N) is 1. The summed E-state index contributed by atoms with van der Waals surface area (Å²) in [5, 5.41) is 0.121. The van der Waals surface area contributed by atoms with Crippen LogP contribution in [0.3, 0.4) is 0 Å². The van der Waals surface area contributed by atoms with Gasteiger partial charge in [-0.2, -0.15) is 0 Å². The molecule has 3 nitrogen and oxygen atoms in total. The van der Waals surface area contributed by atoms with E-state index in [4.69, 9.17) is 16.0 Å². The lowest BCUT2D eigenvalue weighted by Gasteiger charge is -2.03. The normalized spacial score (nSPS) is 10.7. The second-order valence-electron chi connectivity index (χ2n) is 3.71. The van der Waals surface area contributed by atoms with Crippen LogP contribution >= 0.6 is 34.2 Å². The third-order valence-corrected chi connectivity index (χ3v) is 3.40. The minimum atomic E-state index is -0.588. The molecular formula is C12H8ClFINO2. The van der Waals surface area contributed by atoms with Crippen molar-refractivity contribution in [2.45, 2.75) is 13.3 Å². The molecule has 0 atom stereocenters. The fourth-order valence-corrected chi connectivity index (χ4v) is 2.03. The highest BCUT2D eigenvalue weighted by Crippen LogP contribution is 2.16. The summed E-state index contributed by atoms with van der Waals surface area (Å²) in [4.78, 5) is 15.5. The second-order valence-corrected chi connectivity index (χ2v) is 5.31. The third kappa shape index (κ3) is 2.89. The summed E-state index contributed by atoms with van der Waals surface area (Å²) < 4.78 is 19.3. The molecule has 6 heteroatoms. The van der Waals surface area contributed by atoms with Gasteiger partial charge in [0.1, 0.15) is 17.3 Å². The topological polar surface area (TPSA) is 43.1 Å². The van der Waals surface area contributed by atoms with Crippen molar-refractivity contribution in [1.29, 1.82) is 0 Å². The summed E-state index contributed by atoms with van der Waals surface area (Å²) in [7, 11) is 0. The van der Waals surface area contributed by atoms with Gasteiger partial charge in [-0.3, -0.25) is 0 Å². The molecule has 1 heterocycles. The second kappa shape index (κ2) is 5.36. The first-order valence-electron chi connectivity index (χ1n) is 5.07. The zero-order valence-corrected chi connectivity index (χ0v) is 12.3. The van der Waals surface area contributed by atoms with Crippen LogP contribution < -0.4 is 5.63 Å². The maximum atomic E-state index is 13.6. The van der Waals surface area contributed by atoms with E-state index in [2.05, 4.69) is 4.98 Å². The molecule has 0 aliphatic carbocycles. The molecule has 0 N–H and O–H groups in total. The first-order chi connectivity index (χ1) is 8.47. The summed E-state index contributed by atoms with van der Waals surface area (Å²) in [6, 6.07) is 4.77. The van der Waals surface area contributed by atoms with E-state index >= 15 is 0 Å². The standard InChI is InChI=1S/C12H8ClFINO2/c1-6-11(13)16-10(12(17)18-6)4-7-2-3-8(15)5-9(7)14/h2-3,5H,4H2,1H3. The predicted octanol–water partition coefficient (Wildman–Crippen LogP) is 3.33. The largest absolute Gasteiger partial charge is 0.424 e. The molecule has 94 valence electrons. The molecule has 0 aliphatic heterocycles. The predicted molar refractivity (Wildman–Crippen MR) is 74.4 cm³/mol. The van der Waals surface area contributed by atoms with E-state index < -0.39 is 5.63 Å². The van der Waals surface area contributed by atoms with Crippen LogP contribution in [0, 0.1) is 16.3 Å². The van der Waals surface area contributed by atoms with Crippen molar-refractivity contribution < 1.29 is 8.81 Å².